The summed E-state index contributed by atoms with van der Waals surface area (Å²) < 4.78 is 0. The molecule has 0 saturated heterocycles. The fraction of sp³-hybridized carbons (Fsp3) is 0.875. The van der Waals surface area contributed by atoms with Crippen molar-refractivity contribution in [2.45, 2.75) is 45.4 Å². The van der Waals surface area contributed by atoms with Gasteiger partial charge >= 0.3 is 59.1 Å². The van der Waals surface area contributed by atoms with Crippen LogP contribution in [0, 0.1) is 0 Å². The topological polar surface area (TPSA) is 17.1 Å². The Kier molecular flexibility index (Phi) is 29.7. The summed E-state index contributed by atoms with van der Waals surface area (Å²) in [6.45, 7) is 2.19. The normalized spacial score (nSPS) is 7.73. The summed E-state index contributed by atoms with van der Waals surface area (Å²) >= 11 is 0. The first-order valence-corrected chi connectivity index (χ1v) is 3.85. The van der Waals surface area contributed by atoms with E-state index in [-0.39, 0.29) is 59.1 Å². The zero-order valence-electron chi connectivity index (χ0n) is 6.23. The molecule has 0 aliphatic heterocycles. The molecule has 0 amide bonds. The first-order chi connectivity index (χ1) is 4.41. The average molecular weight is 176 g/mol. The molecule has 0 aliphatic rings. The van der Waals surface area contributed by atoms with E-state index in [1.54, 1.807) is 0 Å². The van der Waals surface area contributed by atoms with E-state index >= 15 is 0 Å². The van der Waals surface area contributed by atoms with Gasteiger partial charge in [0.15, 0.2) is 0 Å². The van der Waals surface area contributed by atoms with Crippen LogP contribution in [0.15, 0.2) is 0 Å². The molecule has 0 saturated carbocycles. The van der Waals surface area contributed by atoms with Crippen molar-refractivity contribution in [2.75, 3.05) is 0 Å². The number of unbranched alkanes of at least 4 members (excludes halogenated alkanes) is 5. The summed E-state index contributed by atoms with van der Waals surface area (Å²) in [5.74, 6) is 0. The first-order valence-electron chi connectivity index (χ1n) is 3.85. The van der Waals surface area contributed by atoms with Crippen LogP contribution in [0.4, 0.5) is 0 Å². The number of rotatable bonds is 6. The second kappa shape index (κ2) is 17.7. The van der Waals surface area contributed by atoms with Gasteiger partial charge in [-0.2, -0.15) is 0 Å². The summed E-state index contributed by atoms with van der Waals surface area (Å²) in [6.07, 6.45) is 7.97. The van der Waals surface area contributed by atoms with Crippen molar-refractivity contribution < 1.29 is 4.79 Å². The molecule has 0 N–H and O–H groups in total. The second-order valence-electron chi connectivity index (χ2n) is 2.37. The Morgan fingerprint density at radius 2 is 1.55 bits per heavy atom. The maximum atomic E-state index is 9.84. The summed E-state index contributed by atoms with van der Waals surface area (Å²) in [7, 11) is 0. The second-order valence-corrected chi connectivity index (χ2v) is 2.37. The van der Waals surface area contributed by atoms with Gasteiger partial charge in [0.05, 0.1) is 0 Å². The molecule has 0 bridgehead atoms. The van der Waals surface area contributed by atoms with Gasteiger partial charge in [0, 0.05) is 6.42 Å². The van der Waals surface area contributed by atoms with Gasteiger partial charge in [-0.25, -0.2) is 0 Å². The zero-order chi connectivity index (χ0) is 6.95. The van der Waals surface area contributed by atoms with Crippen LogP contribution in [0.3, 0.4) is 0 Å². The van der Waals surface area contributed by atoms with E-state index in [0.29, 0.717) is 0 Å². The van der Waals surface area contributed by atoms with Crippen molar-refractivity contribution in [3.8, 4) is 0 Å². The molecule has 3 heteroatoms. The van der Waals surface area contributed by atoms with E-state index < -0.39 is 0 Å². The molecular formula is C8H18Na2O. The molecule has 1 nitrogen and oxygen atoms in total. The van der Waals surface area contributed by atoms with E-state index in [9.17, 15) is 4.79 Å². The van der Waals surface area contributed by atoms with Crippen molar-refractivity contribution in [3.05, 3.63) is 0 Å². The molecule has 0 unspecified atom stereocenters. The zero-order valence-corrected chi connectivity index (χ0v) is 6.23. The fourth-order valence-electron chi connectivity index (χ4n) is 0.831. The molecule has 0 radical (unpaired) electrons. The van der Waals surface area contributed by atoms with Gasteiger partial charge in [0.2, 0.25) is 0 Å². The van der Waals surface area contributed by atoms with Crippen molar-refractivity contribution in [3.63, 3.8) is 0 Å². The third-order valence-corrected chi connectivity index (χ3v) is 1.43. The average Bonchev–Trinajstić information content (AvgIpc) is 1.89. The van der Waals surface area contributed by atoms with Crippen molar-refractivity contribution in [1.29, 1.82) is 0 Å². The van der Waals surface area contributed by atoms with E-state index in [1.807, 2.05) is 0 Å². The van der Waals surface area contributed by atoms with Crippen molar-refractivity contribution in [1.82, 2.24) is 0 Å². The number of carbonyl (C=O) groups excluding carboxylic acids is 1. The Morgan fingerprint density at radius 1 is 1.00 bits per heavy atom. The molecular weight excluding hydrogens is 158 g/mol. The Hall–Kier alpha value is 1.67. The Morgan fingerprint density at radius 3 is 2.00 bits per heavy atom. The number of carbonyl (C=O) groups is 1. The molecule has 0 fully saturated rings. The number of hydrogen-bond acceptors (Lipinski definition) is 1. The van der Waals surface area contributed by atoms with Crippen LogP contribution >= 0.6 is 0 Å². The van der Waals surface area contributed by atoms with Crippen LogP contribution in [-0.4, -0.2) is 65.4 Å². The Bertz CT molecular complexity index is 67.1. The number of hydrogen-bond donors (Lipinski definition) is 0. The molecule has 0 aromatic rings. The Labute approximate surface area is 114 Å². The summed E-state index contributed by atoms with van der Waals surface area (Å²) in [5.41, 5.74) is 0. The maximum absolute atomic E-state index is 9.84. The van der Waals surface area contributed by atoms with Crippen LogP contribution in [0.1, 0.15) is 45.4 Å². The SMILES string of the molecule is CCCCCCCC=O.[NaH].[NaH]. The van der Waals surface area contributed by atoms with Gasteiger partial charge in [0.1, 0.15) is 6.29 Å². The van der Waals surface area contributed by atoms with Crippen LogP contribution in [0.2, 0.25) is 0 Å². The molecule has 11 heavy (non-hydrogen) atoms. The summed E-state index contributed by atoms with van der Waals surface area (Å²) in [4.78, 5) is 9.84. The van der Waals surface area contributed by atoms with Crippen LogP contribution in [-0.2, 0) is 4.79 Å². The van der Waals surface area contributed by atoms with Gasteiger partial charge in [-0.05, 0) is 6.42 Å². The van der Waals surface area contributed by atoms with Crippen LogP contribution in [0.25, 0.3) is 0 Å². The molecule has 0 heterocycles. The third kappa shape index (κ3) is 18.5. The number of aldehydes is 1. The molecule has 0 aromatic heterocycles. The monoisotopic (exact) mass is 176 g/mol. The third-order valence-electron chi connectivity index (χ3n) is 1.43. The van der Waals surface area contributed by atoms with Crippen LogP contribution < -0.4 is 0 Å². The van der Waals surface area contributed by atoms with Gasteiger partial charge in [-0.15, -0.1) is 0 Å². The van der Waals surface area contributed by atoms with Gasteiger partial charge < -0.3 is 4.79 Å². The summed E-state index contributed by atoms with van der Waals surface area (Å²) in [5, 5.41) is 0. The van der Waals surface area contributed by atoms with Gasteiger partial charge in [-0.1, -0.05) is 32.6 Å². The molecule has 0 atom stereocenters. The summed E-state index contributed by atoms with van der Waals surface area (Å²) in [6, 6.07) is 0. The minimum atomic E-state index is 0. The van der Waals surface area contributed by atoms with Crippen molar-refractivity contribution in [2.24, 2.45) is 0 Å². The van der Waals surface area contributed by atoms with E-state index in [4.69, 9.17) is 0 Å². The fourth-order valence-corrected chi connectivity index (χ4v) is 0.831. The molecule has 0 aromatic carbocycles. The van der Waals surface area contributed by atoms with Gasteiger partial charge in [0.25, 0.3) is 0 Å². The Balaban J connectivity index is -0.000000320. The molecule has 0 rings (SSSR count). The van der Waals surface area contributed by atoms with E-state index in [1.165, 1.54) is 25.7 Å². The molecule has 0 aliphatic carbocycles. The van der Waals surface area contributed by atoms with Crippen molar-refractivity contribution >= 4 is 65.4 Å². The quantitative estimate of drug-likeness (QED) is 0.338. The van der Waals surface area contributed by atoms with Crippen LogP contribution in [0.5, 0.6) is 0 Å². The molecule has 0 spiro atoms. The predicted octanol–water partition coefficient (Wildman–Crippen LogP) is 1.25. The predicted molar refractivity (Wildman–Crippen MR) is 53.7 cm³/mol. The van der Waals surface area contributed by atoms with E-state index in [0.717, 1.165) is 19.1 Å². The standard InChI is InChI=1S/C8H16O.2Na.2H/c1-2-3-4-5-6-7-8-9;;;;/h8H,2-7H2,1H3;;;;. The molecule has 58 valence electrons. The van der Waals surface area contributed by atoms with Gasteiger partial charge in [-0.3, -0.25) is 0 Å². The first kappa shape index (κ1) is 18.5. The van der Waals surface area contributed by atoms with E-state index in [2.05, 4.69) is 6.92 Å². The minimum absolute atomic E-state index is 0.